The van der Waals surface area contributed by atoms with Gasteiger partial charge in [-0.15, -0.1) is 24.0 Å². The van der Waals surface area contributed by atoms with Crippen LogP contribution in [-0.4, -0.2) is 44.4 Å². The highest BCUT2D eigenvalue weighted by molar-refractivity contribution is 14.0. The maximum Gasteiger partial charge on any atom is 0.191 e. The number of ether oxygens (including phenoxy) is 2. The van der Waals surface area contributed by atoms with Gasteiger partial charge >= 0.3 is 0 Å². The highest BCUT2D eigenvalue weighted by atomic mass is 127. The van der Waals surface area contributed by atoms with E-state index in [1.165, 1.54) is 18.4 Å². The quantitative estimate of drug-likeness (QED) is 0.272. The molecule has 0 amide bonds. The van der Waals surface area contributed by atoms with Gasteiger partial charge in [0, 0.05) is 20.2 Å². The molecule has 0 aliphatic carbocycles. The molecule has 5 nitrogen and oxygen atoms in total. The lowest BCUT2D eigenvalue weighted by Gasteiger charge is -2.22. The Bertz CT molecular complexity index is 527. The smallest absolute Gasteiger partial charge is 0.191 e. The van der Waals surface area contributed by atoms with Crippen molar-refractivity contribution in [1.82, 2.24) is 10.6 Å². The number of guanidine groups is 1. The second-order valence-electron chi connectivity index (χ2n) is 6.60. The van der Waals surface area contributed by atoms with Gasteiger partial charge in [-0.1, -0.05) is 30.3 Å². The van der Waals surface area contributed by atoms with E-state index in [0.29, 0.717) is 24.9 Å². The highest BCUT2D eigenvalue weighted by Crippen LogP contribution is 2.34. The van der Waals surface area contributed by atoms with Gasteiger partial charge < -0.3 is 20.1 Å². The van der Waals surface area contributed by atoms with Crippen molar-refractivity contribution in [2.45, 2.75) is 57.0 Å². The largest absolute Gasteiger partial charge is 0.377 e. The monoisotopic (exact) mass is 459 g/mol. The topological polar surface area (TPSA) is 54.9 Å². The molecular formula is C19H30IN3O2. The molecule has 2 fully saturated rings. The normalized spacial score (nSPS) is 24.8. The van der Waals surface area contributed by atoms with Gasteiger partial charge in [0.05, 0.1) is 24.9 Å². The fraction of sp³-hybridized carbons (Fsp3) is 0.632. The van der Waals surface area contributed by atoms with E-state index in [1.807, 2.05) is 25.2 Å². The van der Waals surface area contributed by atoms with Gasteiger partial charge in [0.1, 0.15) is 0 Å². The van der Waals surface area contributed by atoms with Crippen LogP contribution in [-0.2, 0) is 16.1 Å². The summed E-state index contributed by atoms with van der Waals surface area (Å²) in [6, 6.07) is 10.7. The van der Waals surface area contributed by atoms with Crippen LogP contribution in [0.4, 0.5) is 0 Å². The Morgan fingerprint density at radius 3 is 2.76 bits per heavy atom. The summed E-state index contributed by atoms with van der Waals surface area (Å²) in [6.07, 6.45) is 6.47. The first-order chi connectivity index (χ1) is 11.8. The van der Waals surface area contributed by atoms with Crippen LogP contribution in [0.2, 0.25) is 0 Å². The van der Waals surface area contributed by atoms with E-state index in [-0.39, 0.29) is 24.0 Å². The van der Waals surface area contributed by atoms with Crippen molar-refractivity contribution < 1.29 is 9.47 Å². The number of hydrogen-bond donors (Lipinski definition) is 2. The predicted molar refractivity (Wildman–Crippen MR) is 112 cm³/mol. The number of nitrogens with one attached hydrogen (secondary N) is 2. The SMILES string of the molecule is CN=C(NCCCCOCc1ccccc1)NC1CC2CCC1O2.I. The summed E-state index contributed by atoms with van der Waals surface area (Å²) in [5.74, 6) is 0.890. The highest BCUT2D eigenvalue weighted by Gasteiger charge is 2.40. The van der Waals surface area contributed by atoms with Crippen LogP contribution in [0.1, 0.15) is 37.7 Å². The molecule has 2 saturated heterocycles. The van der Waals surface area contributed by atoms with E-state index in [0.717, 1.165) is 38.4 Å². The zero-order chi connectivity index (χ0) is 16.6. The average molecular weight is 459 g/mol. The van der Waals surface area contributed by atoms with Crippen LogP contribution in [0.3, 0.4) is 0 Å². The fourth-order valence-electron chi connectivity index (χ4n) is 3.46. The number of halogens is 1. The number of rotatable bonds is 8. The second kappa shape index (κ2) is 11.0. The molecule has 1 aromatic rings. The molecule has 2 aliphatic heterocycles. The molecule has 25 heavy (non-hydrogen) atoms. The van der Waals surface area contributed by atoms with Crippen molar-refractivity contribution in [1.29, 1.82) is 0 Å². The predicted octanol–water partition coefficient (Wildman–Crippen LogP) is 3.09. The maximum atomic E-state index is 5.87. The molecule has 3 rings (SSSR count). The number of aliphatic imine (C=N–C) groups is 1. The Kier molecular flexibility index (Phi) is 8.98. The summed E-state index contributed by atoms with van der Waals surface area (Å²) in [5, 5.41) is 6.90. The summed E-state index contributed by atoms with van der Waals surface area (Å²) < 4.78 is 11.6. The van der Waals surface area contributed by atoms with Crippen LogP contribution in [0, 0.1) is 0 Å². The number of hydrogen-bond acceptors (Lipinski definition) is 3. The lowest BCUT2D eigenvalue weighted by Crippen LogP contribution is -2.47. The Balaban J connectivity index is 0.00000225. The Labute approximate surface area is 168 Å². The van der Waals surface area contributed by atoms with Crippen LogP contribution >= 0.6 is 24.0 Å². The van der Waals surface area contributed by atoms with Gasteiger partial charge in [0.15, 0.2) is 5.96 Å². The van der Waals surface area contributed by atoms with Crippen LogP contribution < -0.4 is 10.6 Å². The van der Waals surface area contributed by atoms with Gasteiger partial charge in [-0.3, -0.25) is 4.99 Å². The molecule has 2 aliphatic rings. The second-order valence-corrected chi connectivity index (χ2v) is 6.60. The molecule has 6 heteroatoms. The van der Waals surface area contributed by atoms with Gasteiger partial charge in [0.25, 0.3) is 0 Å². The van der Waals surface area contributed by atoms with Crippen molar-refractivity contribution >= 4 is 29.9 Å². The maximum absolute atomic E-state index is 5.87. The summed E-state index contributed by atoms with van der Waals surface area (Å²) in [4.78, 5) is 4.32. The number of nitrogens with zero attached hydrogens (tertiary/aromatic N) is 1. The fourth-order valence-corrected chi connectivity index (χ4v) is 3.46. The summed E-state index contributed by atoms with van der Waals surface area (Å²) in [7, 11) is 1.83. The molecule has 2 bridgehead atoms. The molecule has 2 heterocycles. The minimum absolute atomic E-state index is 0. The third-order valence-electron chi connectivity index (χ3n) is 4.77. The van der Waals surface area contributed by atoms with E-state index in [4.69, 9.17) is 9.47 Å². The Morgan fingerprint density at radius 1 is 1.24 bits per heavy atom. The Hall–Kier alpha value is -0.860. The molecule has 0 spiro atoms. The molecule has 0 radical (unpaired) electrons. The van der Waals surface area contributed by atoms with E-state index >= 15 is 0 Å². The Morgan fingerprint density at radius 2 is 2.08 bits per heavy atom. The molecule has 3 unspecified atom stereocenters. The lowest BCUT2D eigenvalue weighted by molar-refractivity contribution is 0.0992. The van der Waals surface area contributed by atoms with Crippen LogP contribution in [0.15, 0.2) is 35.3 Å². The molecular weight excluding hydrogens is 429 g/mol. The molecule has 0 saturated carbocycles. The van der Waals surface area contributed by atoms with E-state index < -0.39 is 0 Å². The van der Waals surface area contributed by atoms with Crippen LogP contribution in [0.25, 0.3) is 0 Å². The zero-order valence-corrected chi connectivity index (χ0v) is 17.3. The minimum atomic E-state index is 0. The van der Waals surface area contributed by atoms with Gasteiger partial charge in [-0.25, -0.2) is 0 Å². The summed E-state index contributed by atoms with van der Waals surface area (Å²) >= 11 is 0. The van der Waals surface area contributed by atoms with E-state index in [9.17, 15) is 0 Å². The molecule has 3 atom stereocenters. The number of fused-ring (bicyclic) bond motifs is 2. The summed E-state index contributed by atoms with van der Waals surface area (Å²) in [5.41, 5.74) is 1.23. The number of benzene rings is 1. The van der Waals surface area contributed by atoms with Crippen molar-refractivity contribution in [2.75, 3.05) is 20.2 Å². The molecule has 0 aromatic heterocycles. The standard InChI is InChI=1S/C19H29N3O2.HI/c1-20-19(22-17-13-16-9-10-18(17)24-16)21-11-5-6-12-23-14-15-7-3-2-4-8-15;/h2-4,7-8,16-18H,5-6,9-14H2,1H3,(H2,20,21,22);1H. The van der Waals surface area contributed by atoms with Crippen LogP contribution in [0.5, 0.6) is 0 Å². The van der Waals surface area contributed by atoms with Gasteiger partial charge in [-0.05, 0) is 37.7 Å². The first kappa shape index (κ1) is 20.5. The van der Waals surface area contributed by atoms with Crippen molar-refractivity contribution in [2.24, 2.45) is 4.99 Å². The first-order valence-corrected chi connectivity index (χ1v) is 9.09. The average Bonchev–Trinajstić information content (AvgIpc) is 3.23. The minimum Gasteiger partial charge on any atom is -0.377 e. The first-order valence-electron chi connectivity index (χ1n) is 9.09. The molecule has 2 N–H and O–H groups in total. The third-order valence-corrected chi connectivity index (χ3v) is 4.77. The number of unbranched alkanes of at least 4 members (excludes halogenated alkanes) is 1. The lowest BCUT2D eigenvalue weighted by atomic mass is 9.96. The zero-order valence-electron chi connectivity index (χ0n) is 14.9. The van der Waals surface area contributed by atoms with E-state index in [1.54, 1.807) is 0 Å². The molecule has 1 aromatic carbocycles. The van der Waals surface area contributed by atoms with Crippen molar-refractivity contribution in [3.05, 3.63) is 35.9 Å². The molecule has 140 valence electrons. The van der Waals surface area contributed by atoms with Crippen molar-refractivity contribution in [3.8, 4) is 0 Å². The van der Waals surface area contributed by atoms with Gasteiger partial charge in [-0.2, -0.15) is 0 Å². The van der Waals surface area contributed by atoms with Gasteiger partial charge in [0.2, 0.25) is 0 Å². The summed E-state index contributed by atoms with van der Waals surface area (Å²) in [6.45, 7) is 2.40. The van der Waals surface area contributed by atoms with E-state index in [2.05, 4.69) is 27.8 Å². The third kappa shape index (κ3) is 6.42. The van der Waals surface area contributed by atoms with Crippen molar-refractivity contribution in [3.63, 3.8) is 0 Å².